The molecule has 0 spiro atoms. The summed E-state index contributed by atoms with van der Waals surface area (Å²) in [7, 11) is 1.91. The van der Waals surface area contributed by atoms with Crippen molar-refractivity contribution in [2.45, 2.75) is 19.9 Å². The van der Waals surface area contributed by atoms with Crippen LogP contribution in [0, 0.1) is 5.92 Å². The maximum atomic E-state index is 12.5. The lowest BCUT2D eigenvalue weighted by atomic mass is 9.99. The van der Waals surface area contributed by atoms with Crippen LogP contribution in [-0.4, -0.2) is 10.5 Å². The molecule has 0 saturated carbocycles. The van der Waals surface area contributed by atoms with Gasteiger partial charge < -0.3 is 9.88 Å². The predicted octanol–water partition coefficient (Wildman–Crippen LogP) is 1.98. The van der Waals surface area contributed by atoms with Crippen molar-refractivity contribution in [2.24, 2.45) is 13.0 Å². The van der Waals surface area contributed by atoms with E-state index in [-0.39, 0.29) is 23.3 Å². The van der Waals surface area contributed by atoms with E-state index in [1.165, 1.54) is 0 Å². The Balaban J connectivity index is 2.47. The average molecular weight is 256 g/mol. The molecule has 4 heteroatoms. The zero-order valence-electron chi connectivity index (χ0n) is 11.2. The van der Waals surface area contributed by atoms with Crippen LogP contribution in [0.2, 0.25) is 0 Å². The number of hydrogen-bond donors (Lipinski definition) is 1. The number of aryl methyl sites for hydroxylation is 1. The number of para-hydroxylation sites is 1. The number of pyridine rings is 1. The normalized spacial score (nSPS) is 17.9. The second-order valence-corrected chi connectivity index (χ2v) is 5.36. The maximum absolute atomic E-state index is 12.5. The average Bonchev–Trinajstić information content (AvgIpc) is 2.74. The summed E-state index contributed by atoms with van der Waals surface area (Å²) < 4.78 is 1.97. The van der Waals surface area contributed by atoms with Crippen LogP contribution in [0.3, 0.4) is 0 Å². The second-order valence-electron chi connectivity index (χ2n) is 5.36. The molecule has 1 aromatic carbocycles. The molecule has 98 valence electrons. The van der Waals surface area contributed by atoms with Gasteiger partial charge in [-0.05, 0) is 18.1 Å². The van der Waals surface area contributed by atoms with E-state index in [1.807, 2.05) is 43.7 Å². The highest BCUT2D eigenvalue weighted by Crippen LogP contribution is 2.30. The number of nitrogens with one attached hydrogen (secondary N) is 1. The van der Waals surface area contributed by atoms with E-state index in [0.717, 1.165) is 11.2 Å². The Labute approximate surface area is 111 Å². The lowest BCUT2D eigenvalue weighted by Crippen LogP contribution is -2.24. The molecule has 1 N–H and O–H groups in total. The maximum Gasteiger partial charge on any atom is 0.257 e. The fourth-order valence-electron chi connectivity index (χ4n) is 2.85. The Bertz CT molecular complexity index is 744. The van der Waals surface area contributed by atoms with Crippen molar-refractivity contribution < 1.29 is 4.79 Å². The van der Waals surface area contributed by atoms with Crippen molar-refractivity contribution in [3.8, 4) is 0 Å². The van der Waals surface area contributed by atoms with Gasteiger partial charge in [-0.3, -0.25) is 9.59 Å². The lowest BCUT2D eigenvalue weighted by molar-refractivity contribution is 0.0948. The summed E-state index contributed by atoms with van der Waals surface area (Å²) in [5.74, 6) is -0.00276. The minimum absolute atomic E-state index is 0.0928. The third kappa shape index (κ3) is 1.52. The molecule has 0 unspecified atom stereocenters. The summed E-state index contributed by atoms with van der Waals surface area (Å²) in [6.45, 7) is 4.08. The molecule has 0 radical (unpaired) electrons. The van der Waals surface area contributed by atoms with E-state index in [9.17, 15) is 9.59 Å². The quantitative estimate of drug-likeness (QED) is 0.848. The van der Waals surface area contributed by atoms with Crippen LogP contribution >= 0.6 is 0 Å². The summed E-state index contributed by atoms with van der Waals surface area (Å²) in [4.78, 5) is 24.5. The smallest absolute Gasteiger partial charge is 0.257 e. The molecule has 1 aromatic heterocycles. The van der Waals surface area contributed by atoms with Crippen LogP contribution in [0.4, 0.5) is 0 Å². The van der Waals surface area contributed by atoms with Gasteiger partial charge in [-0.15, -0.1) is 0 Å². The molecule has 4 nitrogen and oxygen atoms in total. The number of fused-ring (bicyclic) bond motifs is 2. The monoisotopic (exact) mass is 256 g/mol. The minimum Gasteiger partial charge on any atom is -0.345 e. The molecule has 3 rings (SSSR count). The van der Waals surface area contributed by atoms with Gasteiger partial charge in [0, 0.05) is 12.4 Å². The van der Waals surface area contributed by atoms with Crippen LogP contribution in [0.25, 0.3) is 10.9 Å². The van der Waals surface area contributed by atoms with Crippen molar-refractivity contribution in [2.75, 3.05) is 0 Å². The molecule has 0 saturated heterocycles. The van der Waals surface area contributed by atoms with Gasteiger partial charge >= 0.3 is 0 Å². The first-order valence-corrected chi connectivity index (χ1v) is 6.45. The first kappa shape index (κ1) is 12.0. The van der Waals surface area contributed by atoms with Gasteiger partial charge in [0.1, 0.15) is 5.56 Å². The molecule has 2 heterocycles. The van der Waals surface area contributed by atoms with Crippen LogP contribution < -0.4 is 10.7 Å². The highest BCUT2D eigenvalue weighted by molar-refractivity contribution is 6.01. The zero-order chi connectivity index (χ0) is 13.7. The van der Waals surface area contributed by atoms with Gasteiger partial charge in [-0.2, -0.15) is 0 Å². The Morgan fingerprint density at radius 2 is 1.89 bits per heavy atom. The van der Waals surface area contributed by atoms with Crippen molar-refractivity contribution in [3.05, 3.63) is 45.7 Å². The Morgan fingerprint density at radius 3 is 2.58 bits per heavy atom. The van der Waals surface area contributed by atoms with E-state index in [1.54, 1.807) is 6.07 Å². The van der Waals surface area contributed by atoms with Gasteiger partial charge in [0.05, 0.1) is 17.3 Å². The van der Waals surface area contributed by atoms with E-state index in [2.05, 4.69) is 5.32 Å². The number of carbonyl (C=O) groups is 1. The topological polar surface area (TPSA) is 51.1 Å². The molecule has 1 aliphatic heterocycles. The number of amides is 1. The molecule has 1 aliphatic rings. The van der Waals surface area contributed by atoms with Gasteiger partial charge in [-0.25, -0.2) is 0 Å². The van der Waals surface area contributed by atoms with Gasteiger partial charge in [0.2, 0.25) is 5.43 Å². The SMILES string of the molecule is CC(C)[C@@H]1NC(=O)c2c1n(C)c1ccccc1c2=O. The van der Waals surface area contributed by atoms with Gasteiger partial charge in [0.25, 0.3) is 5.91 Å². The first-order valence-electron chi connectivity index (χ1n) is 6.45. The molecule has 0 fully saturated rings. The fourth-order valence-corrected chi connectivity index (χ4v) is 2.85. The molecule has 1 atom stereocenters. The van der Waals surface area contributed by atoms with Crippen LogP contribution in [-0.2, 0) is 7.05 Å². The van der Waals surface area contributed by atoms with Crippen LogP contribution in [0.5, 0.6) is 0 Å². The molecule has 0 bridgehead atoms. The van der Waals surface area contributed by atoms with Crippen molar-refractivity contribution in [1.82, 2.24) is 9.88 Å². The Hall–Kier alpha value is -2.10. The van der Waals surface area contributed by atoms with Crippen LogP contribution in [0.15, 0.2) is 29.1 Å². The minimum atomic E-state index is -0.250. The number of carbonyl (C=O) groups excluding carboxylic acids is 1. The first-order chi connectivity index (χ1) is 9.02. The number of benzene rings is 1. The number of hydrogen-bond acceptors (Lipinski definition) is 2. The number of nitrogens with zero attached hydrogens (tertiary/aromatic N) is 1. The van der Waals surface area contributed by atoms with Crippen molar-refractivity contribution in [3.63, 3.8) is 0 Å². The van der Waals surface area contributed by atoms with Crippen LogP contribution in [0.1, 0.15) is 35.9 Å². The highest BCUT2D eigenvalue weighted by atomic mass is 16.2. The second kappa shape index (κ2) is 3.95. The molecular formula is C15H16N2O2. The summed E-state index contributed by atoms with van der Waals surface area (Å²) in [5.41, 5.74) is 1.82. The molecule has 1 amide bonds. The molecular weight excluding hydrogens is 240 g/mol. The number of aromatic nitrogens is 1. The molecule has 2 aromatic rings. The summed E-state index contributed by atoms with van der Waals surface area (Å²) in [5, 5.41) is 3.52. The molecule has 19 heavy (non-hydrogen) atoms. The van der Waals surface area contributed by atoms with E-state index in [4.69, 9.17) is 0 Å². The van der Waals surface area contributed by atoms with Crippen molar-refractivity contribution in [1.29, 1.82) is 0 Å². The Kier molecular flexibility index (Phi) is 2.49. The van der Waals surface area contributed by atoms with Gasteiger partial charge in [-0.1, -0.05) is 26.0 Å². The highest BCUT2D eigenvalue weighted by Gasteiger charge is 2.35. The largest absolute Gasteiger partial charge is 0.345 e. The third-order valence-electron chi connectivity index (χ3n) is 3.83. The zero-order valence-corrected chi connectivity index (χ0v) is 11.2. The summed E-state index contributed by atoms with van der Waals surface area (Å²) in [6, 6.07) is 7.32. The standard InChI is InChI=1S/C15H16N2O2/c1-8(2)12-13-11(15(19)16-12)14(18)9-6-4-5-7-10(9)17(13)3/h4-8,12H,1-3H3,(H,16,19)/t12-/m0/s1. The van der Waals surface area contributed by atoms with E-state index in [0.29, 0.717) is 10.9 Å². The number of rotatable bonds is 1. The van der Waals surface area contributed by atoms with E-state index < -0.39 is 0 Å². The van der Waals surface area contributed by atoms with E-state index >= 15 is 0 Å². The molecule has 0 aliphatic carbocycles. The fraction of sp³-hybridized carbons (Fsp3) is 0.333. The van der Waals surface area contributed by atoms with Crippen molar-refractivity contribution >= 4 is 16.8 Å². The van der Waals surface area contributed by atoms with Gasteiger partial charge in [0.15, 0.2) is 0 Å². The summed E-state index contributed by atoms with van der Waals surface area (Å²) >= 11 is 0. The predicted molar refractivity (Wildman–Crippen MR) is 74.2 cm³/mol. The third-order valence-corrected chi connectivity index (χ3v) is 3.83. The lowest BCUT2D eigenvalue weighted by Gasteiger charge is -2.19. The summed E-state index contributed by atoms with van der Waals surface area (Å²) in [6.07, 6.45) is 0. The Morgan fingerprint density at radius 1 is 1.21 bits per heavy atom.